The van der Waals surface area contributed by atoms with Crippen LogP contribution in [0.1, 0.15) is 19.4 Å². The maximum atomic E-state index is 11.9. The van der Waals surface area contributed by atoms with Crippen molar-refractivity contribution in [2.75, 3.05) is 45.3 Å². The molecule has 1 aliphatic rings. The van der Waals surface area contributed by atoms with Gasteiger partial charge < -0.3 is 29.5 Å². The zero-order valence-corrected chi connectivity index (χ0v) is 21.6. The molecule has 0 spiro atoms. The van der Waals surface area contributed by atoms with Crippen molar-refractivity contribution in [3.63, 3.8) is 0 Å². The van der Waals surface area contributed by atoms with Crippen LogP contribution in [-0.4, -0.2) is 71.6 Å². The molecule has 9 heteroatoms. The number of carbonyl (C=O) groups is 1. The maximum absolute atomic E-state index is 11.9. The van der Waals surface area contributed by atoms with Crippen LogP contribution in [0.5, 0.6) is 17.2 Å². The van der Waals surface area contributed by atoms with Gasteiger partial charge in [-0.2, -0.15) is 0 Å². The van der Waals surface area contributed by atoms with E-state index in [1.807, 2.05) is 30.9 Å². The lowest BCUT2D eigenvalue weighted by Gasteiger charge is -2.34. The first kappa shape index (κ1) is 25.8. The molecule has 1 amide bonds. The number of phenolic OH excluding ortho intramolecular Hbond substituents is 2. The second-order valence-corrected chi connectivity index (χ2v) is 9.10. The average molecular weight is 505 g/mol. The first-order valence-corrected chi connectivity index (χ1v) is 12.1. The van der Waals surface area contributed by atoms with Crippen LogP contribution in [0.4, 0.5) is 10.7 Å². The highest BCUT2D eigenvalue weighted by Gasteiger charge is 2.24. The molecule has 37 heavy (non-hydrogen) atoms. The molecule has 4 rings (SSSR count). The molecule has 0 radical (unpaired) electrons. The quantitative estimate of drug-likeness (QED) is 0.468. The largest absolute Gasteiger partial charge is 0.508 e. The molecule has 1 fully saturated rings. The number of aromatic nitrogens is 2. The minimum absolute atomic E-state index is 0.0506. The van der Waals surface area contributed by atoms with Gasteiger partial charge in [-0.25, -0.2) is 14.8 Å². The van der Waals surface area contributed by atoms with E-state index >= 15 is 0 Å². The topological polar surface area (TPSA) is 108 Å². The van der Waals surface area contributed by atoms with Crippen molar-refractivity contribution in [2.45, 2.75) is 20.3 Å². The van der Waals surface area contributed by atoms with Gasteiger partial charge in [-0.3, -0.25) is 0 Å². The summed E-state index contributed by atoms with van der Waals surface area (Å²) >= 11 is 0. The summed E-state index contributed by atoms with van der Waals surface area (Å²) in [4.78, 5) is 25.2. The van der Waals surface area contributed by atoms with Crippen molar-refractivity contribution in [1.29, 1.82) is 0 Å². The summed E-state index contributed by atoms with van der Waals surface area (Å²) in [5.74, 6) is 1.31. The van der Waals surface area contributed by atoms with Crippen molar-refractivity contribution < 1.29 is 24.5 Å². The molecule has 3 aromatic rings. The van der Waals surface area contributed by atoms with Gasteiger partial charge >= 0.3 is 6.09 Å². The molecule has 0 bridgehead atoms. The molecule has 0 unspecified atom stereocenters. The maximum Gasteiger partial charge on any atom is 0.409 e. The Morgan fingerprint density at radius 2 is 1.65 bits per heavy atom. The number of amides is 1. The fourth-order valence-electron chi connectivity index (χ4n) is 4.19. The number of ether oxygens (including phenoxy) is 2. The van der Waals surface area contributed by atoms with Crippen LogP contribution in [0, 0.1) is 0 Å². The summed E-state index contributed by atoms with van der Waals surface area (Å²) in [6.45, 7) is 6.11. The van der Waals surface area contributed by atoms with Gasteiger partial charge in [-0.15, -0.1) is 0 Å². The number of benzene rings is 2. The third-order valence-corrected chi connectivity index (χ3v) is 6.28. The standard InChI is InChI=1S/C28H32N4O5/c1-18(2)5-6-20-15-22(25(34)17-26(20)36-3)24-16-23(19-7-9-21(33)10-8-19)29-27(30-24)31-11-13-32(14-12-31)28(35)37-4/h5,7-10,15-17,33-34H,6,11-14H2,1-4H3. The predicted molar refractivity (Wildman–Crippen MR) is 142 cm³/mol. The highest BCUT2D eigenvalue weighted by molar-refractivity contribution is 5.75. The van der Waals surface area contributed by atoms with Gasteiger partial charge in [-0.05, 0) is 62.2 Å². The normalized spacial score (nSPS) is 13.3. The summed E-state index contributed by atoms with van der Waals surface area (Å²) in [6.07, 6.45) is 2.40. The van der Waals surface area contributed by atoms with Crippen LogP contribution < -0.4 is 9.64 Å². The zero-order valence-electron chi connectivity index (χ0n) is 21.6. The van der Waals surface area contributed by atoms with E-state index in [0.29, 0.717) is 61.2 Å². The molecular formula is C28H32N4O5. The predicted octanol–water partition coefficient (Wildman–Crippen LogP) is 4.63. The molecule has 1 saturated heterocycles. The summed E-state index contributed by atoms with van der Waals surface area (Å²) < 4.78 is 10.4. The molecule has 9 nitrogen and oxygen atoms in total. The summed E-state index contributed by atoms with van der Waals surface area (Å²) in [5, 5.41) is 20.7. The van der Waals surface area contributed by atoms with Crippen LogP contribution in [0.2, 0.25) is 0 Å². The Morgan fingerprint density at radius 1 is 0.973 bits per heavy atom. The monoisotopic (exact) mass is 504 g/mol. The zero-order chi connectivity index (χ0) is 26.5. The molecule has 0 atom stereocenters. The van der Waals surface area contributed by atoms with Crippen molar-refractivity contribution in [1.82, 2.24) is 14.9 Å². The van der Waals surface area contributed by atoms with E-state index in [9.17, 15) is 15.0 Å². The smallest absolute Gasteiger partial charge is 0.409 e. The van der Waals surface area contributed by atoms with Crippen molar-refractivity contribution in [3.05, 3.63) is 59.7 Å². The molecule has 2 heterocycles. The first-order valence-electron chi connectivity index (χ1n) is 12.1. The Morgan fingerprint density at radius 3 is 2.27 bits per heavy atom. The number of anilines is 1. The van der Waals surface area contributed by atoms with E-state index < -0.39 is 0 Å². The molecule has 1 aliphatic heterocycles. The minimum Gasteiger partial charge on any atom is -0.508 e. The molecule has 1 aromatic heterocycles. The van der Waals surface area contributed by atoms with Gasteiger partial charge in [0, 0.05) is 43.4 Å². The van der Waals surface area contributed by atoms with Gasteiger partial charge in [0.25, 0.3) is 0 Å². The number of allylic oxidation sites excluding steroid dienone is 2. The molecule has 194 valence electrons. The van der Waals surface area contributed by atoms with Crippen molar-refractivity contribution >= 4 is 12.0 Å². The Labute approximate surface area is 216 Å². The van der Waals surface area contributed by atoms with Gasteiger partial charge in [-0.1, -0.05) is 11.6 Å². The molecule has 0 saturated carbocycles. The number of methoxy groups -OCH3 is 2. The van der Waals surface area contributed by atoms with E-state index in [-0.39, 0.29) is 17.6 Å². The fraction of sp³-hybridized carbons (Fsp3) is 0.321. The average Bonchev–Trinajstić information content (AvgIpc) is 2.91. The lowest BCUT2D eigenvalue weighted by molar-refractivity contribution is 0.121. The third kappa shape index (κ3) is 5.94. The van der Waals surface area contributed by atoms with E-state index in [4.69, 9.17) is 19.4 Å². The Hall–Kier alpha value is -4.27. The van der Waals surface area contributed by atoms with Crippen LogP contribution in [-0.2, 0) is 11.2 Å². The molecule has 2 N–H and O–H groups in total. The molecule has 2 aromatic carbocycles. The van der Waals surface area contributed by atoms with Gasteiger partial charge in [0.2, 0.25) is 5.95 Å². The first-order chi connectivity index (χ1) is 17.8. The van der Waals surface area contributed by atoms with E-state index in [1.165, 1.54) is 12.7 Å². The van der Waals surface area contributed by atoms with E-state index in [1.54, 1.807) is 42.3 Å². The lowest BCUT2D eigenvalue weighted by atomic mass is 10.0. The Kier molecular flexibility index (Phi) is 7.81. The second kappa shape index (κ2) is 11.2. The van der Waals surface area contributed by atoms with Crippen LogP contribution in [0.3, 0.4) is 0 Å². The van der Waals surface area contributed by atoms with Crippen LogP contribution >= 0.6 is 0 Å². The number of carbonyl (C=O) groups excluding carboxylic acids is 1. The van der Waals surface area contributed by atoms with E-state index in [2.05, 4.69) is 6.08 Å². The van der Waals surface area contributed by atoms with Crippen molar-refractivity contribution in [2.24, 2.45) is 0 Å². The number of aromatic hydroxyl groups is 2. The Bertz CT molecular complexity index is 1290. The Balaban J connectivity index is 1.79. The number of nitrogens with zero attached hydrogens (tertiary/aromatic N) is 4. The van der Waals surface area contributed by atoms with Crippen LogP contribution in [0.25, 0.3) is 22.5 Å². The van der Waals surface area contributed by atoms with E-state index in [0.717, 1.165) is 11.1 Å². The molecule has 0 aliphatic carbocycles. The summed E-state index contributed by atoms with van der Waals surface area (Å²) in [5.41, 5.74) is 4.68. The SMILES string of the molecule is COC(=O)N1CCN(c2nc(-c3ccc(O)cc3)cc(-c3cc(CC=C(C)C)c(OC)cc3O)n2)CC1. The van der Waals surface area contributed by atoms with Gasteiger partial charge in [0.15, 0.2) is 0 Å². The highest BCUT2D eigenvalue weighted by Crippen LogP contribution is 2.37. The number of rotatable bonds is 6. The third-order valence-electron chi connectivity index (χ3n) is 6.28. The fourth-order valence-corrected chi connectivity index (χ4v) is 4.19. The van der Waals surface area contributed by atoms with Crippen LogP contribution in [0.15, 0.2) is 54.1 Å². The van der Waals surface area contributed by atoms with Crippen molar-refractivity contribution in [3.8, 4) is 39.8 Å². The number of phenols is 2. The van der Waals surface area contributed by atoms with Gasteiger partial charge in [0.05, 0.1) is 25.6 Å². The lowest BCUT2D eigenvalue weighted by Crippen LogP contribution is -2.49. The second-order valence-electron chi connectivity index (χ2n) is 9.10. The van der Waals surface area contributed by atoms with Gasteiger partial charge in [0.1, 0.15) is 17.2 Å². The number of hydrogen-bond donors (Lipinski definition) is 2. The summed E-state index contributed by atoms with van der Waals surface area (Å²) in [7, 11) is 2.96. The number of hydrogen-bond acceptors (Lipinski definition) is 8. The minimum atomic E-state index is -0.355. The highest BCUT2D eigenvalue weighted by atomic mass is 16.5. The number of piperazine rings is 1. The molecular weight excluding hydrogens is 472 g/mol. The summed E-state index contributed by atoms with van der Waals surface area (Å²) in [6, 6.07) is 12.1.